The smallest absolute Gasteiger partial charge is 0.107 e. The van der Waals surface area contributed by atoms with E-state index in [-0.39, 0.29) is 0 Å². The van der Waals surface area contributed by atoms with Crippen molar-refractivity contribution in [3.63, 3.8) is 0 Å². The van der Waals surface area contributed by atoms with Gasteiger partial charge >= 0.3 is 0 Å². The van der Waals surface area contributed by atoms with E-state index in [1.165, 1.54) is 0 Å². The first-order valence-corrected chi connectivity index (χ1v) is 2.37. The lowest BCUT2D eigenvalue weighted by molar-refractivity contribution is 0.892. The van der Waals surface area contributed by atoms with Crippen molar-refractivity contribution >= 4 is 6.21 Å². The highest BCUT2D eigenvalue weighted by Gasteiger charge is 1.64. The number of nitrogens with one attached hydrogen (secondary N) is 1. The van der Waals surface area contributed by atoms with E-state index in [2.05, 4.69) is 23.5 Å². The lowest BCUT2D eigenvalue weighted by Gasteiger charge is -1.87. The van der Waals surface area contributed by atoms with Crippen LogP contribution in [0.2, 0.25) is 0 Å². The van der Waals surface area contributed by atoms with Gasteiger partial charge in [-0.1, -0.05) is 19.2 Å². The fourth-order valence-corrected chi connectivity index (χ4v) is 0.244. The van der Waals surface area contributed by atoms with Crippen molar-refractivity contribution in [2.45, 2.75) is 0 Å². The largest absolute Gasteiger partial charge is 0.373 e. The Morgan fingerprint density at radius 2 is 2.25 bits per heavy atom. The summed E-state index contributed by atoms with van der Waals surface area (Å²) < 4.78 is 0. The minimum absolute atomic E-state index is 0.579. The number of allylic oxidation sites excluding steroid dienone is 1. The number of hydrogen-bond acceptors (Lipinski definition) is 2. The summed E-state index contributed by atoms with van der Waals surface area (Å²) in [7, 11) is 0. The van der Waals surface area contributed by atoms with Gasteiger partial charge in [-0.25, -0.2) is 0 Å². The zero-order valence-electron chi connectivity index (χ0n) is 4.80. The van der Waals surface area contributed by atoms with Crippen LogP contribution in [0.4, 0.5) is 0 Å². The van der Waals surface area contributed by atoms with Gasteiger partial charge in [-0.2, -0.15) is 0 Å². The standard InChI is InChI=1S/C6H10N2/c1-3-5-8-6-7-4-2/h3-5,7H,1-2,6H2. The van der Waals surface area contributed by atoms with Gasteiger partial charge in [0.1, 0.15) is 6.67 Å². The number of hydrogen-bond donors (Lipinski definition) is 1. The van der Waals surface area contributed by atoms with Crippen LogP contribution in [0.3, 0.4) is 0 Å². The van der Waals surface area contributed by atoms with E-state index >= 15 is 0 Å². The van der Waals surface area contributed by atoms with E-state index in [1.54, 1.807) is 18.5 Å². The summed E-state index contributed by atoms with van der Waals surface area (Å²) >= 11 is 0. The first-order chi connectivity index (χ1) is 3.91. The quantitative estimate of drug-likeness (QED) is 0.422. The predicted molar refractivity (Wildman–Crippen MR) is 36.9 cm³/mol. The monoisotopic (exact) mass is 110 g/mol. The Balaban J connectivity index is 3.02. The minimum Gasteiger partial charge on any atom is -0.373 e. The van der Waals surface area contributed by atoms with Gasteiger partial charge in [0.2, 0.25) is 0 Å². The predicted octanol–water partition coefficient (Wildman–Crippen LogP) is 0.934. The highest BCUT2D eigenvalue weighted by Crippen LogP contribution is 1.61. The zero-order valence-corrected chi connectivity index (χ0v) is 4.80. The maximum absolute atomic E-state index is 3.85. The van der Waals surface area contributed by atoms with E-state index in [0.717, 1.165) is 0 Å². The summed E-state index contributed by atoms with van der Waals surface area (Å²) in [5.74, 6) is 0. The van der Waals surface area contributed by atoms with Gasteiger partial charge in [0.15, 0.2) is 0 Å². The van der Waals surface area contributed by atoms with Crippen LogP contribution in [-0.2, 0) is 0 Å². The van der Waals surface area contributed by atoms with Crippen LogP contribution < -0.4 is 5.32 Å². The second-order valence-electron chi connectivity index (χ2n) is 1.13. The van der Waals surface area contributed by atoms with Crippen molar-refractivity contribution in [1.29, 1.82) is 0 Å². The molecule has 0 rings (SSSR count). The molecule has 0 aliphatic rings. The second-order valence-corrected chi connectivity index (χ2v) is 1.13. The fraction of sp³-hybridized carbons (Fsp3) is 0.167. The van der Waals surface area contributed by atoms with Crippen LogP contribution in [0.1, 0.15) is 0 Å². The average molecular weight is 110 g/mol. The van der Waals surface area contributed by atoms with Crippen molar-refractivity contribution in [2.24, 2.45) is 4.99 Å². The molecular weight excluding hydrogens is 100 g/mol. The highest BCUT2D eigenvalue weighted by molar-refractivity contribution is 5.69. The first-order valence-electron chi connectivity index (χ1n) is 2.37. The third-order valence-electron chi connectivity index (χ3n) is 0.538. The number of aliphatic imine (C=N–C) groups is 1. The number of rotatable bonds is 4. The molecular formula is C6H10N2. The minimum atomic E-state index is 0.579. The molecule has 1 N–H and O–H groups in total. The lowest BCUT2D eigenvalue weighted by atomic mass is 10.7. The molecule has 0 radical (unpaired) electrons. The molecule has 0 aliphatic heterocycles. The van der Waals surface area contributed by atoms with E-state index < -0.39 is 0 Å². The normalized spacial score (nSPS) is 9.00. The molecule has 0 aliphatic carbocycles. The molecule has 0 saturated heterocycles. The summed E-state index contributed by atoms with van der Waals surface area (Å²) in [6.07, 6.45) is 4.86. The van der Waals surface area contributed by atoms with Crippen molar-refractivity contribution in [1.82, 2.24) is 5.32 Å². The summed E-state index contributed by atoms with van der Waals surface area (Å²) in [4.78, 5) is 3.85. The highest BCUT2D eigenvalue weighted by atomic mass is 15.0. The Bertz CT molecular complexity index is 94.7. The molecule has 0 heterocycles. The maximum atomic E-state index is 3.85. The molecule has 0 bridgehead atoms. The summed E-state index contributed by atoms with van der Waals surface area (Å²) in [6, 6.07) is 0. The molecule has 2 heteroatoms. The Morgan fingerprint density at radius 3 is 2.75 bits per heavy atom. The van der Waals surface area contributed by atoms with Gasteiger partial charge in [-0.15, -0.1) is 0 Å². The molecule has 0 aromatic rings. The van der Waals surface area contributed by atoms with E-state index in [9.17, 15) is 0 Å². The van der Waals surface area contributed by atoms with Gasteiger partial charge in [0, 0.05) is 6.21 Å². The average Bonchev–Trinajstić information content (AvgIpc) is 1.81. The Kier molecular flexibility index (Phi) is 5.17. The Labute approximate surface area is 49.6 Å². The van der Waals surface area contributed by atoms with Crippen molar-refractivity contribution in [3.05, 3.63) is 25.4 Å². The third kappa shape index (κ3) is 4.95. The van der Waals surface area contributed by atoms with Gasteiger partial charge < -0.3 is 5.32 Å². The fourth-order valence-electron chi connectivity index (χ4n) is 0.244. The summed E-state index contributed by atoms with van der Waals surface area (Å²) in [5, 5.41) is 2.80. The molecule has 2 nitrogen and oxygen atoms in total. The molecule has 0 aromatic heterocycles. The third-order valence-corrected chi connectivity index (χ3v) is 0.538. The van der Waals surface area contributed by atoms with E-state index in [4.69, 9.17) is 0 Å². The van der Waals surface area contributed by atoms with Crippen LogP contribution in [0.25, 0.3) is 0 Å². The zero-order chi connectivity index (χ0) is 6.24. The molecule has 44 valence electrons. The maximum Gasteiger partial charge on any atom is 0.107 e. The van der Waals surface area contributed by atoms with Crippen LogP contribution in [0.15, 0.2) is 30.4 Å². The van der Waals surface area contributed by atoms with Crippen molar-refractivity contribution in [2.75, 3.05) is 6.67 Å². The van der Waals surface area contributed by atoms with Crippen LogP contribution in [0.5, 0.6) is 0 Å². The Morgan fingerprint density at radius 1 is 1.50 bits per heavy atom. The van der Waals surface area contributed by atoms with Crippen molar-refractivity contribution in [3.8, 4) is 0 Å². The summed E-state index contributed by atoms with van der Waals surface area (Å²) in [5.41, 5.74) is 0. The second kappa shape index (κ2) is 5.95. The Hall–Kier alpha value is -1.05. The van der Waals surface area contributed by atoms with E-state index in [1.807, 2.05) is 0 Å². The molecule has 8 heavy (non-hydrogen) atoms. The molecule has 0 aromatic carbocycles. The molecule has 0 amide bonds. The van der Waals surface area contributed by atoms with Gasteiger partial charge in [-0.05, 0) is 6.20 Å². The molecule has 0 saturated carbocycles. The van der Waals surface area contributed by atoms with Gasteiger partial charge in [0.25, 0.3) is 0 Å². The molecule has 0 unspecified atom stereocenters. The first kappa shape index (κ1) is 6.95. The molecule has 0 fully saturated rings. The van der Waals surface area contributed by atoms with Crippen LogP contribution in [0, 0.1) is 0 Å². The van der Waals surface area contributed by atoms with Gasteiger partial charge in [0.05, 0.1) is 0 Å². The van der Waals surface area contributed by atoms with Crippen LogP contribution in [-0.4, -0.2) is 12.9 Å². The lowest BCUT2D eigenvalue weighted by Crippen LogP contribution is -2.02. The topological polar surface area (TPSA) is 24.4 Å². The van der Waals surface area contributed by atoms with E-state index in [0.29, 0.717) is 6.67 Å². The van der Waals surface area contributed by atoms with Gasteiger partial charge in [-0.3, -0.25) is 4.99 Å². The van der Waals surface area contributed by atoms with Crippen molar-refractivity contribution < 1.29 is 0 Å². The SMILES string of the molecule is C=CC=NCNC=C. The number of nitrogens with zero attached hydrogens (tertiary/aromatic N) is 1. The molecule has 0 atom stereocenters. The molecule has 0 spiro atoms. The van der Waals surface area contributed by atoms with Crippen LogP contribution >= 0.6 is 0 Å². The summed E-state index contributed by atoms with van der Waals surface area (Å²) in [6.45, 7) is 7.48.